The molecular weight excluding hydrogens is 238 g/mol. The maximum absolute atomic E-state index is 4.14. The Balaban J connectivity index is 1.94. The standard InChI is InChI=1S/C11H15N3S2/c1-8-4-5-15-10(8)6-14(3)7-11-13-12-9(2)16-11/h4-5H,6-7H2,1-3H3. The summed E-state index contributed by atoms with van der Waals surface area (Å²) in [5.74, 6) is 0. The van der Waals surface area contributed by atoms with E-state index in [1.54, 1.807) is 11.3 Å². The number of nitrogens with zero attached hydrogens (tertiary/aromatic N) is 3. The van der Waals surface area contributed by atoms with Gasteiger partial charge in [-0.2, -0.15) is 0 Å². The van der Waals surface area contributed by atoms with Crippen molar-refractivity contribution in [2.75, 3.05) is 7.05 Å². The van der Waals surface area contributed by atoms with E-state index in [0.717, 1.165) is 23.1 Å². The van der Waals surface area contributed by atoms with E-state index in [2.05, 4.69) is 40.5 Å². The third kappa shape index (κ3) is 2.87. The minimum Gasteiger partial charge on any atom is -0.295 e. The Morgan fingerprint density at radius 3 is 2.62 bits per heavy atom. The molecule has 0 spiro atoms. The summed E-state index contributed by atoms with van der Waals surface area (Å²) in [5, 5.41) is 12.4. The van der Waals surface area contributed by atoms with Crippen molar-refractivity contribution in [3.05, 3.63) is 31.9 Å². The van der Waals surface area contributed by atoms with Gasteiger partial charge < -0.3 is 0 Å². The van der Waals surface area contributed by atoms with E-state index in [1.807, 2.05) is 18.3 Å². The summed E-state index contributed by atoms with van der Waals surface area (Å²) in [5.41, 5.74) is 1.38. The van der Waals surface area contributed by atoms with Crippen LogP contribution in [-0.2, 0) is 13.1 Å². The fourth-order valence-corrected chi connectivity index (χ4v) is 3.27. The molecule has 0 saturated carbocycles. The van der Waals surface area contributed by atoms with Gasteiger partial charge in [0.05, 0.1) is 6.54 Å². The number of thiophene rings is 1. The van der Waals surface area contributed by atoms with Crippen molar-refractivity contribution >= 4 is 22.7 Å². The Labute approximate surface area is 104 Å². The second-order valence-corrected chi connectivity index (χ2v) is 6.18. The van der Waals surface area contributed by atoms with Gasteiger partial charge in [0.25, 0.3) is 0 Å². The third-order valence-electron chi connectivity index (χ3n) is 2.35. The Kier molecular flexibility index (Phi) is 3.68. The Hall–Kier alpha value is -0.780. The summed E-state index contributed by atoms with van der Waals surface area (Å²) in [4.78, 5) is 3.71. The molecule has 0 saturated heterocycles. The lowest BCUT2D eigenvalue weighted by molar-refractivity contribution is 0.320. The van der Waals surface area contributed by atoms with Crippen LogP contribution >= 0.6 is 22.7 Å². The van der Waals surface area contributed by atoms with E-state index in [0.29, 0.717) is 0 Å². The predicted molar refractivity (Wildman–Crippen MR) is 68.9 cm³/mol. The first kappa shape index (κ1) is 11.7. The molecule has 3 nitrogen and oxygen atoms in total. The second-order valence-electron chi connectivity index (χ2n) is 3.91. The van der Waals surface area contributed by atoms with Gasteiger partial charge in [-0.1, -0.05) is 0 Å². The lowest BCUT2D eigenvalue weighted by Crippen LogP contribution is -2.16. The van der Waals surface area contributed by atoms with Crippen LogP contribution in [0.15, 0.2) is 11.4 Å². The molecule has 0 bridgehead atoms. The largest absolute Gasteiger partial charge is 0.295 e. The molecular formula is C11H15N3S2. The molecule has 0 atom stereocenters. The van der Waals surface area contributed by atoms with Crippen molar-refractivity contribution in [2.24, 2.45) is 0 Å². The maximum Gasteiger partial charge on any atom is 0.131 e. The van der Waals surface area contributed by atoms with Crippen LogP contribution in [0.5, 0.6) is 0 Å². The van der Waals surface area contributed by atoms with Crippen molar-refractivity contribution < 1.29 is 0 Å². The molecule has 0 fully saturated rings. The van der Waals surface area contributed by atoms with Crippen molar-refractivity contribution in [3.63, 3.8) is 0 Å². The van der Waals surface area contributed by atoms with Crippen LogP contribution in [0.1, 0.15) is 20.5 Å². The number of rotatable bonds is 4. The lowest BCUT2D eigenvalue weighted by atomic mass is 10.3. The first-order valence-electron chi connectivity index (χ1n) is 5.15. The maximum atomic E-state index is 4.14. The van der Waals surface area contributed by atoms with Crippen LogP contribution in [0, 0.1) is 13.8 Å². The molecule has 0 aliphatic rings. The highest BCUT2D eigenvalue weighted by atomic mass is 32.1. The molecule has 16 heavy (non-hydrogen) atoms. The van der Waals surface area contributed by atoms with Gasteiger partial charge in [0.15, 0.2) is 0 Å². The van der Waals surface area contributed by atoms with Crippen LogP contribution in [0.25, 0.3) is 0 Å². The van der Waals surface area contributed by atoms with E-state index in [1.165, 1.54) is 10.4 Å². The summed E-state index contributed by atoms with van der Waals surface area (Å²) in [6.45, 7) is 6.02. The molecule has 5 heteroatoms. The molecule has 2 aromatic heterocycles. The summed E-state index contributed by atoms with van der Waals surface area (Å²) < 4.78 is 0. The summed E-state index contributed by atoms with van der Waals surface area (Å²) in [6, 6.07) is 2.17. The molecule has 0 radical (unpaired) electrons. The summed E-state index contributed by atoms with van der Waals surface area (Å²) in [7, 11) is 2.12. The molecule has 0 amide bonds. The fourth-order valence-electron chi connectivity index (χ4n) is 1.50. The Morgan fingerprint density at radius 2 is 2.06 bits per heavy atom. The van der Waals surface area contributed by atoms with Gasteiger partial charge in [-0.25, -0.2) is 0 Å². The zero-order valence-corrected chi connectivity index (χ0v) is 11.4. The highest BCUT2D eigenvalue weighted by Crippen LogP contribution is 2.18. The van der Waals surface area contributed by atoms with Gasteiger partial charge in [-0.15, -0.1) is 32.9 Å². The summed E-state index contributed by atoms with van der Waals surface area (Å²) >= 11 is 3.49. The van der Waals surface area contributed by atoms with Crippen LogP contribution in [0.2, 0.25) is 0 Å². The summed E-state index contributed by atoms with van der Waals surface area (Å²) in [6.07, 6.45) is 0. The number of hydrogen-bond acceptors (Lipinski definition) is 5. The molecule has 0 aromatic carbocycles. The van der Waals surface area contributed by atoms with Crippen LogP contribution < -0.4 is 0 Å². The van der Waals surface area contributed by atoms with E-state index >= 15 is 0 Å². The zero-order valence-electron chi connectivity index (χ0n) is 9.73. The molecule has 2 heterocycles. The second kappa shape index (κ2) is 5.03. The van der Waals surface area contributed by atoms with Crippen molar-refractivity contribution in [2.45, 2.75) is 26.9 Å². The fraction of sp³-hybridized carbons (Fsp3) is 0.455. The van der Waals surface area contributed by atoms with Crippen molar-refractivity contribution in [3.8, 4) is 0 Å². The third-order valence-corrected chi connectivity index (χ3v) is 4.19. The van der Waals surface area contributed by atoms with Crippen LogP contribution in [-0.4, -0.2) is 22.1 Å². The number of hydrogen-bond donors (Lipinski definition) is 0. The topological polar surface area (TPSA) is 29.0 Å². The van der Waals surface area contributed by atoms with Gasteiger partial charge in [0.2, 0.25) is 0 Å². The van der Waals surface area contributed by atoms with Gasteiger partial charge in [0.1, 0.15) is 10.0 Å². The Bertz CT molecular complexity index is 461. The highest BCUT2D eigenvalue weighted by molar-refractivity contribution is 7.11. The minimum absolute atomic E-state index is 0.878. The smallest absolute Gasteiger partial charge is 0.131 e. The molecule has 0 unspecified atom stereocenters. The lowest BCUT2D eigenvalue weighted by Gasteiger charge is -2.13. The van der Waals surface area contributed by atoms with Crippen LogP contribution in [0.4, 0.5) is 0 Å². The first-order valence-corrected chi connectivity index (χ1v) is 6.85. The molecule has 0 aliphatic carbocycles. The molecule has 2 aromatic rings. The Morgan fingerprint density at radius 1 is 1.25 bits per heavy atom. The molecule has 0 aliphatic heterocycles. The molecule has 0 N–H and O–H groups in total. The van der Waals surface area contributed by atoms with Gasteiger partial charge in [-0.05, 0) is 37.9 Å². The quantitative estimate of drug-likeness (QED) is 0.839. The minimum atomic E-state index is 0.878. The van der Waals surface area contributed by atoms with Crippen molar-refractivity contribution in [1.29, 1.82) is 0 Å². The SMILES string of the molecule is Cc1nnc(CN(C)Cc2sccc2C)s1. The molecule has 2 rings (SSSR count). The average molecular weight is 253 g/mol. The first-order chi connectivity index (χ1) is 7.65. The van der Waals surface area contributed by atoms with E-state index < -0.39 is 0 Å². The monoisotopic (exact) mass is 253 g/mol. The van der Waals surface area contributed by atoms with Crippen molar-refractivity contribution in [1.82, 2.24) is 15.1 Å². The van der Waals surface area contributed by atoms with E-state index in [-0.39, 0.29) is 0 Å². The normalized spacial score (nSPS) is 11.2. The van der Waals surface area contributed by atoms with Gasteiger partial charge >= 0.3 is 0 Å². The average Bonchev–Trinajstić information content (AvgIpc) is 2.77. The predicted octanol–water partition coefficient (Wildman–Crippen LogP) is 2.85. The van der Waals surface area contributed by atoms with Crippen LogP contribution in [0.3, 0.4) is 0 Å². The number of aromatic nitrogens is 2. The highest BCUT2D eigenvalue weighted by Gasteiger charge is 2.07. The van der Waals surface area contributed by atoms with Gasteiger partial charge in [-0.3, -0.25) is 4.90 Å². The molecule has 86 valence electrons. The van der Waals surface area contributed by atoms with E-state index in [4.69, 9.17) is 0 Å². The van der Waals surface area contributed by atoms with E-state index in [9.17, 15) is 0 Å². The number of aryl methyl sites for hydroxylation is 2. The zero-order chi connectivity index (χ0) is 11.5. The van der Waals surface area contributed by atoms with Gasteiger partial charge in [0, 0.05) is 11.4 Å².